The highest BCUT2D eigenvalue weighted by Crippen LogP contribution is 2.24. The number of nitrogens with zero attached hydrogens (tertiary/aromatic N) is 1. The second-order valence-electron chi connectivity index (χ2n) is 5.52. The Morgan fingerprint density at radius 3 is 3.11 bits per heavy atom. The van der Waals surface area contributed by atoms with Crippen LogP contribution in [0, 0.1) is 0 Å². The number of fused-ring (bicyclic) bond motifs is 1. The summed E-state index contributed by atoms with van der Waals surface area (Å²) in [6.07, 6.45) is 3.78. The van der Waals surface area contributed by atoms with Crippen LogP contribution in [0.2, 0.25) is 0 Å². The number of carbonyl (C=O) groups is 1. The third-order valence-corrected chi connectivity index (χ3v) is 4.14. The van der Waals surface area contributed by atoms with Crippen LogP contribution in [0.3, 0.4) is 0 Å². The number of amides is 1. The van der Waals surface area contributed by atoms with E-state index in [-0.39, 0.29) is 11.7 Å². The first kappa shape index (κ1) is 12.5. The minimum atomic E-state index is 0.230. The van der Waals surface area contributed by atoms with Gasteiger partial charge in [0.05, 0.1) is 0 Å². The molecule has 0 bridgehead atoms. The lowest BCUT2D eigenvalue weighted by Crippen LogP contribution is -2.39. The topological polar surface area (TPSA) is 52.6 Å². The summed E-state index contributed by atoms with van der Waals surface area (Å²) in [6.45, 7) is 2.47. The summed E-state index contributed by atoms with van der Waals surface area (Å²) in [5, 5.41) is 12.9. The Bertz CT molecular complexity index is 481. The fourth-order valence-corrected chi connectivity index (χ4v) is 3.03. The van der Waals surface area contributed by atoms with Gasteiger partial charge in [0.2, 0.25) is 5.91 Å². The first-order valence-electron chi connectivity index (χ1n) is 7.04. The standard InChI is InChI=1S/C15H20N2O2/c18-14-4-3-11-5-7-17(10-12(11)8-14)15(19)9-13-2-1-6-16-13/h3-4,8,13,16,18H,1-2,5-7,9-10H2. The zero-order valence-corrected chi connectivity index (χ0v) is 11.1. The van der Waals surface area contributed by atoms with Gasteiger partial charge in [-0.3, -0.25) is 4.79 Å². The van der Waals surface area contributed by atoms with Gasteiger partial charge in [-0.05, 0) is 49.1 Å². The normalized spacial score (nSPS) is 22.3. The van der Waals surface area contributed by atoms with E-state index in [1.54, 1.807) is 12.1 Å². The minimum Gasteiger partial charge on any atom is -0.508 e. The third kappa shape index (κ3) is 2.73. The lowest BCUT2D eigenvalue weighted by atomic mass is 9.99. The summed E-state index contributed by atoms with van der Waals surface area (Å²) < 4.78 is 0. The van der Waals surface area contributed by atoms with Crippen LogP contribution < -0.4 is 5.32 Å². The predicted octanol–water partition coefficient (Wildman–Crippen LogP) is 1.42. The maximum absolute atomic E-state index is 12.3. The first-order chi connectivity index (χ1) is 9.22. The average Bonchev–Trinajstić information content (AvgIpc) is 2.90. The van der Waals surface area contributed by atoms with Crippen LogP contribution in [0.5, 0.6) is 5.75 Å². The van der Waals surface area contributed by atoms with E-state index in [2.05, 4.69) is 5.32 Å². The molecular weight excluding hydrogens is 240 g/mol. The number of aromatic hydroxyl groups is 1. The monoisotopic (exact) mass is 260 g/mol. The van der Waals surface area contributed by atoms with E-state index in [9.17, 15) is 9.90 Å². The van der Waals surface area contributed by atoms with Gasteiger partial charge in [-0.2, -0.15) is 0 Å². The fourth-order valence-electron chi connectivity index (χ4n) is 3.03. The lowest BCUT2D eigenvalue weighted by Gasteiger charge is -2.29. The zero-order chi connectivity index (χ0) is 13.2. The molecule has 1 saturated heterocycles. The molecule has 0 aliphatic carbocycles. The highest BCUT2D eigenvalue weighted by atomic mass is 16.3. The van der Waals surface area contributed by atoms with E-state index in [0.717, 1.165) is 31.5 Å². The Balaban J connectivity index is 1.65. The summed E-state index contributed by atoms with van der Waals surface area (Å²) in [4.78, 5) is 14.2. The summed E-state index contributed by atoms with van der Waals surface area (Å²) >= 11 is 0. The molecular formula is C15H20N2O2. The number of rotatable bonds is 2. The summed E-state index contributed by atoms with van der Waals surface area (Å²) in [5.74, 6) is 0.513. The molecule has 0 aromatic heterocycles. The number of carbonyl (C=O) groups excluding carboxylic acids is 1. The van der Waals surface area contributed by atoms with Gasteiger partial charge in [0, 0.05) is 25.6 Å². The molecule has 1 amide bonds. The quantitative estimate of drug-likeness (QED) is 0.845. The van der Waals surface area contributed by atoms with Crippen molar-refractivity contribution < 1.29 is 9.90 Å². The van der Waals surface area contributed by atoms with Crippen molar-refractivity contribution in [2.24, 2.45) is 0 Å². The van der Waals surface area contributed by atoms with Crippen molar-refractivity contribution in [3.05, 3.63) is 29.3 Å². The smallest absolute Gasteiger partial charge is 0.224 e. The molecule has 1 aromatic rings. The number of phenols is 1. The molecule has 0 saturated carbocycles. The molecule has 1 fully saturated rings. The summed E-state index contributed by atoms with van der Waals surface area (Å²) in [6, 6.07) is 5.82. The molecule has 4 heteroatoms. The van der Waals surface area contributed by atoms with E-state index in [4.69, 9.17) is 0 Å². The zero-order valence-electron chi connectivity index (χ0n) is 11.1. The van der Waals surface area contributed by atoms with Crippen molar-refractivity contribution >= 4 is 5.91 Å². The van der Waals surface area contributed by atoms with Crippen LogP contribution in [-0.2, 0) is 17.8 Å². The largest absolute Gasteiger partial charge is 0.508 e. The predicted molar refractivity (Wildman–Crippen MR) is 72.9 cm³/mol. The number of nitrogens with one attached hydrogen (secondary N) is 1. The molecule has 102 valence electrons. The molecule has 2 aliphatic heterocycles. The summed E-state index contributed by atoms with van der Waals surface area (Å²) in [5.41, 5.74) is 2.33. The van der Waals surface area contributed by atoms with Gasteiger partial charge in [-0.15, -0.1) is 0 Å². The van der Waals surface area contributed by atoms with Crippen LogP contribution >= 0.6 is 0 Å². The average molecular weight is 260 g/mol. The number of phenolic OH excluding ortho intramolecular Hbond substituents is 1. The van der Waals surface area contributed by atoms with Gasteiger partial charge in [0.15, 0.2) is 0 Å². The van der Waals surface area contributed by atoms with Crippen LogP contribution in [0.15, 0.2) is 18.2 Å². The molecule has 4 nitrogen and oxygen atoms in total. The SMILES string of the molecule is O=C(CC1CCCN1)N1CCc2ccc(O)cc2C1. The molecule has 0 radical (unpaired) electrons. The molecule has 2 heterocycles. The minimum absolute atomic E-state index is 0.230. The van der Waals surface area contributed by atoms with Crippen molar-refractivity contribution in [1.29, 1.82) is 0 Å². The second kappa shape index (κ2) is 5.21. The maximum Gasteiger partial charge on any atom is 0.224 e. The lowest BCUT2D eigenvalue weighted by molar-refractivity contribution is -0.132. The Labute approximate surface area is 113 Å². The highest BCUT2D eigenvalue weighted by molar-refractivity contribution is 5.77. The molecule has 19 heavy (non-hydrogen) atoms. The fraction of sp³-hybridized carbons (Fsp3) is 0.533. The number of hydrogen-bond donors (Lipinski definition) is 2. The molecule has 0 spiro atoms. The van der Waals surface area contributed by atoms with Crippen molar-refractivity contribution in [3.63, 3.8) is 0 Å². The van der Waals surface area contributed by atoms with Gasteiger partial charge in [0.1, 0.15) is 5.75 Å². The van der Waals surface area contributed by atoms with Crippen LogP contribution in [0.4, 0.5) is 0 Å². The molecule has 2 aliphatic rings. The Hall–Kier alpha value is -1.55. The Kier molecular flexibility index (Phi) is 3.42. The van der Waals surface area contributed by atoms with Crippen molar-refractivity contribution in [3.8, 4) is 5.75 Å². The van der Waals surface area contributed by atoms with Crippen LogP contribution in [0.25, 0.3) is 0 Å². The van der Waals surface area contributed by atoms with E-state index in [1.165, 1.54) is 12.0 Å². The molecule has 1 unspecified atom stereocenters. The third-order valence-electron chi connectivity index (χ3n) is 4.14. The Morgan fingerprint density at radius 1 is 1.42 bits per heavy atom. The number of benzene rings is 1. The second-order valence-corrected chi connectivity index (χ2v) is 5.52. The van der Waals surface area contributed by atoms with E-state index >= 15 is 0 Å². The van der Waals surface area contributed by atoms with Crippen molar-refractivity contribution in [1.82, 2.24) is 10.2 Å². The van der Waals surface area contributed by atoms with E-state index < -0.39 is 0 Å². The van der Waals surface area contributed by atoms with Crippen molar-refractivity contribution in [2.75, 3.05) is 13.1 Å². The molecule has 3 rings (SSSR count). The maximum atomic E-state index is 12.3. The van der Waals surface area contributed by atoms with E-state index in [0.29, 0.717) is 19.0 Å². The first-order valence-corrected chi connectivity index (χ1v) is 7.04. The van der Waals surface area contributed by atoms with Gasteiger partial charge in [-0.25, -0.2) is 0 Å². The molecule has 1 atom stereocenters. The number of hydrogen-bond acceptors (Lipinski definition) is 3. The van der Waals surface area contributed by atoms with Crippen LogP contribution in [-0.4, -0.2) is 35.0 Å². The van der Waals surface area contributed by atoms with Gasteiger partial charge >= 0.3 is 0 Å². The molecule has 1 aromatic carbocycles. The Morgan fingerprint density at radius 2 is 2.32 bits per heavy atom. The van der Waals surface area contributed by atoms with Crippen LogP contribution in [0.1, 0.15) is 30.4 Å². The van der Waals surface area contributed by atoms with Gasteiger partial charge < -0.3 is 15.3 Å². The van der Waals surface area contributed by atoms with Crippen molar-refractivity contribution in [2.45, 2.75) is 38.3 Å². The molecule has 2 N–H and O–H groups in total. The summed E-state index contributed by atoms with van der Waals surface area (Å²) in [7, 11) is 0. The van der Waals surface area contributed by atoms with Gasteiger partial charge in [0.25, 0.3) is 0 Å². The van der Waals surface area contributed by atoms with Gasteiger partial charge in [-0.1, -0.05) is 6.07 Å². The van der Waals surface area contributed by atoms with E-state index in [1.807, 2.05) is 11.0 Å². The highest BCUT2D eigenvalue weighted by Gasteiger charge is 2.24.